The minimum Gasteiger partial charge on any atom is -0.455 e. The zero-order valence-corrected chi connectivity index (χ0v) is 16.7. The predicted octanol–water partition coefficient (Wildman–Crippen LogP) is 4.93. The van der Waals surface area contributed by atoms with Crippen molar-refractivity contribution in [2.75, 3.05) is 25.5 Å². The number of carbonyl (C=O) groups excluding carboxylic acids is 1. The molecular formula is C21H19FN6O2. The van der Waals surface area contributed by atoms with E-state index in [1.54, 1.807) is 31.0 Å². The van der Waals surface area contributed by atoms with E-state index in [-0.39, 0.29) is 12.5 Å². The number of halogens is 1. The number of rotatable bonds is 6. The first-order chi connectivity index (χ1) is 14.4. The molecule has 1 amide bonds. The minimum atomic E-state index is -0.544. The number of benzene rings is 2. The lowest BCUT2D eigenvalue weighted by atomic mass is 9.99. The molecule has 0 radical (unpaired) electrons. The van der Waals surface area contributed by atoms with Crippen molar-refractivity contribution in [3.05, 3.63) is 63.8 Å². The Bertz CT molecular complexity index is 1190. The Balaban J connectivity index is 2.35. The number of nitrogens with one attached hydrogen (secondary N) is 1. The lowest BCUT2D eigenvalue weighted by Gasteiger charge is -2.21. The highest BCUT2D eigenvalue weighted by molar-refractivity contribution is 6.11. The van der Waals surface area contributed by atoms with E-state index in [2.05, 4.69) is 21.4 Å². The molecule has 0 fully saturated rings. The molecule has 1 heterocycles. The fraction of sp³-hybridized carbons (Fsp3) is 0.238. The summed E-state index contributed by atoms with van der Waals surface area (Å²) in [5.74, 6) is -0.470. The molecule has 0 aliphatic carbocycles. The first kappa shape index (κ1) is 20.7. The van der Waals surface area contributed by atoms with E-state index in [1.165, 1.54) is 31.3 Å². The van der Waals surface area contributed by atoms with Gasteiger partial charge in [0.2, 0.25) is 0 Å². The second kappa shape index (κ2) is 8.55. The number of fused-ring (bicyclic) bond motifs is 1. The van der Waals surface area contributed by atoms with Crippen LogP contribution in [-0.2, 0) is 0 Å². The molecule has 9 heteroatoms. The molecular weight excluding hydrogens is 387 g/mol. The lowest BCUT2D eigenvalue weighted by Crippen LogP contribution is -2.20. The zero-order chi connectivity index (χ0) is 21.8. The van der Waals surface area contributed by atoms with Crippen LogP contribution in [0.2, 0.25) is 0 Å². The first-order valence-electron chi connectivity index (χ1n) is 9.12. The van der Waals surface area contributed by atoms with E-state index in [4.69, 9.17) is 15.2 Å². The maximum atomic E-state index is 13.4. The van der Waals surface area contributed by atoms with Gasteiger partial charge in [0, 0.05) is 41.7 Å². The standard InChI is InChI=1S/C21H19FN6O2/c1-12(26-27-24)15-10-16-18(11-17(15)28(3)9-8-23)30-20(19(16)21(29)25-2)13-4-6-14(22)7-5-13/h4-7,10-12H,9H2,1-3H3,(H,25,29). The molecule has 30 heavy (non-hydrogen) atoms. The normalized spacial score (nSPS) is 11.4. The molecule has 0 spiro atoms. The number of furan rings is 1. The van der Waals surface area contributed by atoms with Crippen LogP contribution >= 0.6 is 0 Å². The van der Waals surface area contributed by atoms with Gasteiger partial charge in [-0.3, -0.25) is 4.79 Å². The topological polar surface area (TPSA) is 118 Å². The van der Waals surface area contributed by atoms with Crippen LogP contribution < -0.4 is 10.2 Å². The lowest BCUT2D eigenvalue weighted by molar-refractivity contribution is 0.0964. The maximum absolute atomic E-state index is 13.4. The SMILES string of the molecule is CNC(=O)c1c(-c2ccc(F)cc2)oc2cc(N(C)CC#N)c(C(C)N=[N+]=[N-])cc12. The van der Waals surface area contributed by atoms with Crippen LogP contribution in [0.15, 0.2) is 45.9 Å². The van der Waals surface area contributed by atoms with E-state index in [9.17, 15) is 9.18 Å². The van der Waals surface area contributed by atoms with Crippen LogP contribution in [0, 0.1) is 17.1 Å². The van der Waals surface area contributed by atoms with Crippen LogP contribution in [-0.4, -0.2) is 26.5 Å². The second-order valence-corrected chi connectivity index (χ2v) is 6.69. The van der Waals surface area contributed by atoms with E-state index < -0.39 is 11.9 Å². The molecule has 0 aliphatic rings. The Kier molecular flexibility index (Phi) is 5.90. The summed E-state index contributed by atoms with van der Waals surface area (Å²) >= 11 is 0. The molecule has 1 unspecified atom stereocenters. The molecule has 0 saturated carbocycles. The number of nitrogens with zero attached hydrogens (tertiary/aromatic N) is 5. The first-order valence-corrected chi connectivity index (χ1v) is 9.12. The van der Waals surface area contributed by atoms with Crippen LogP contribution in [0.5, 0.6) is 0 Å². The summed E-state index contributed by atoms with van der Waals surface area (Å²) in [4.78, 5) is 17.3. The Hall–Kier alpha value is -4.02. The van der Waals surface area contributed by atoms with E-state index in [1.807, 2.05) is 0 Å². The van der Waals surface area contributed by atoms with Crippen molar-refractivity contribution in [3.8, 4) is 17.4 Å². The highest BCUT2D eigenvalue weighted by atomic mass is 19.1. The molecule has 152 valence electrons. The Labute approximate surface area is 172 Å². The average molecular weight is 406 g/mol. The van der Waals surface area contributed by atoms with Crippen molar-refractivity contribution in [2.24, 2.45) is 5.11 Å². The van der Waals surface area contributed by atoms with Gasteiger partial charge >= 0.3 is 0 Å². The van der Waals surface area contributed by atoms with Gasteiger partial charge in [-0.05, 0) is 41.4 Å². The number of hydrogen-bond donors (Lipinski definition) is 1. The summed E-state index contributed by atoms with van der Waals surface area (Å²) in [5, 5.41) is 16.0. The van der Waals surface area contributed by atoms with Crippen LogP contribution in [0.3, 0.4) is 0 Å². The predicted molar refractivity (Wildman–Crippen MR) is 111 cm³/mol. The number of nitriles is 1. The number of azide groups is 1. The number of amides is 1. The van der Waals surface area contributed by atoms with E-state index in [0.29, 0.717) is 39.1 Å². The van der Waals surface area contributed by atoms with Crippen molar-refractivity contribution in [3.63, 3.8) is 0 Å². The van der Waals surface area contributed by atoms with Gasteiger partial charge in [0.05, 0.1) is 17.7 Å². The maximum Gasteiger partial charge on any atom is 0.255 e. The Morgan fingerprint density at radius 3 is 2.70 bits per heavy atom. The number of anilines is 1. The fourth-order valence-corrected chi connectivity index (χ4v) is 3.30. The molecule has 2 aromatic carbocycles. The van der Waals surface area contributed by atoms with Gasteiger partial charge in [0.1, 0.15) is 23.7 Å². The van der Waals surface area contributed by atoms with Gasteiger partial charge in [0.25, 0.3) is 5.91 Å². The van der Waals surface area contributed by atoms with Crippen molar-refractivity contribution < 1.29 is 13.6 Å². The Morgan fingerprint density at radius 2 is 2.10 bits per heavy atom. The summed E-state index contributed by atoms with van der Waals surface area (Å²) in [6, 6.07) is 10.6. The molecule has 0 aliphatic heterocycles. The molecule has 1 N–H and O–H groups in total. The second-order valence-electron chi connectivity index (χ2n) is 6.69. The smallest absolute Gasteiger partial charge is 0.255 e. The summed E-state index contributed by atoms with van der Waals surface area (Å²) in [6.45, 7) is 1.83. The van der Waals surface area contributed by atoms with Gasteiger partial charge < -0.3 is 14.6 Å². The summed E-state index contributed by atoms with van der Waals surface area (Å²) in [7, 11) is 3.24. The van der Waals surface area contributed by atoms with Gasteiger partial charge in [-0.2, -0.15) is 5.26 Å². The highest BCUT2D eigenvalue weighted by Gasteiger charge is 2.24. The summed E-state index contributed by atoms with van der Waals surface area (Å²) in [6.07, 6.45) is 0. The van der Waals surface area contributed by atoms with Gasteiger partial charge in [-0.1, -0.05) is 12.0 Å². The summed E-state index contributed by atoms with van der Waals surface area (Å²) < 4.78 is 19.4. The van der Waals surface area contributed by atoms with Crippen LogP contribution in [0.1, 0.15) is 28.9 Å². The number of carbonyl (C=O) groups is 1. The highest BCUT2D eigenvalue weighted by Crippen LogP contribution is 2.39. The van der Waals surface area contributed by atoms with Crippen LogP contribution in [0.4, 0.5) is 10.1 Å². The summed E-state index contributed by atoms with van der Waals surface area (Å²) in [5.41, 5.74) is 11.4. The molecule has 8 nitrogen and oxygen atoms in total. The van der Waals surface area contributed by atoms with Crippen molar-refractivity contribution in [2.45, 2.75) is 13.0 Å². The quantitative estimate of drug-likeness (QED) is 0.270. The van der Waals surface area contributed by atoms with Gasteiger partial charge in [0.15, 0.2) is 0 Å². The average Bonchev–Trinajstić information content (AvgIpc) is 3.11. The largest absolute Gasteiger partial charge is 0.455 e. The van der Waals surface area contributed by atoms with Crippen LogP contribution in [0.25, 0.3) is 32.7 Å². The third-order valence-corrected chi connectivity index (χ3v) is 4.79. The van der Waals surface area contributed by atoms with Crippen molar-refractivity contribution in [1.82, 2.24) is 5.32 Å². The van der Waals surface area contributed by atoms with Gasteiger partial charge in [-0.15, -0.1) is 0 Å². The molecule has 1 atom stereocenters. The minimum absolute atomic E-state index is 0.106. The zero-order valence-electron chi connectivity index (χ0n) is 16.7. The molecule has 1 aromatic heterocycles. The van der Waals surface area contributed by atoms with Gasteiger partial charge in [-0.25, -0.2) is 4.39 Å². The monoisotopic (exact) mass is 406 g/mol. The third kappa shape index (κ3) is 3.77. The molecule has 3 rings (SSSR count). The number of hydrogen-bond acceptors (Lipinski definition) is 5. The van der Waals surface area contributed by atoms with Crippen molar-refractivity contribution >= 4 is 22.6 Å². The van der Waals surface area contributed by atoms with Crippen molar-refractivity contribution in [1.29, 1.82) is 5.26 Å². The van der Waals surface area contributed by atoms with E-state index in [0.717, 1.165) is 0 Å². The van der Waals surface area contributed by atoms with E-state index >= 15 is 0 Å². The third-order valence-electron chi connectivity index (χ3n) is 4.79. The molecule has 3 aromatic rings. The molecule has 0 bridgehead atoms. The molecule has 0 saturated heterocycles. The Morgan fingerprint density at radius 1 is 1.40 bits per heavy atom. The fourth-order valence-electron chi connectivity index (χ4n) is 3.30.